The third-order valence-corrected chi connectivity index (χ3v) is 4.66. The fourth-order valence-corrected chi connectivity index (χ4v) is 3.51. The quantitative estimate of drug-likeness (QED) is 0.914. The second-order valence-electron chi connectivity index (χ2n) is 6.69. The average Bonchev–Trinajstić information content (AvgIpc) is 3.09. The molecule has 0 aromatic carbocycles. The van der Waals surface area contributed by atoms with E-state index in [1.165, 1.54) is 0 Å². The van der Waals surface area contributed by atoms with E-state index < -0.39 is 0 Å². The summed E-state index contributed by atoms with van der Waals surface area (Å²) >= 11 is 0. The van der Waals surface area contributed by atoms with Gasteiger partial charge in [-0.25, -0.2) is 0 Å². The molecule has 2 aliphatic rings. The van der Waals surface area contributed by atoms with Crippen molar-refractivity contribution in [1.29, 1.82) is 0 Å². The van der Waals surface area contributed by atoms with Gasteiger partial charge in [0.05, 0.1) is 11.8 Å². The molecule has 2 aliphatic heterocycles. The molecule has 0 bridgehead atoms. The molecule has 2 fully saturated rings. The summed E-state index contributed by atoms with van der Waals surface area (Å²) in [6, 6.07) is 0.464. The maximum absolute atomic E-state index is 12.1. The van der Waals surface area contributed by atoms with Crippen molar-refractivity contribution in [1.82, 2.24) is 15.4 Å². The second kappa shape index (κ2) is 6.01. The van der Waals surface area contributed by atoms with Gasteiger partial charge in [-0.2, -0.15) is 0 Å². The Morgan fingerprint density at radius 1 is 1.45 bits per heavy atom. The summed E-state index contributed by atoms with van der Waals surface area (Å²) in [5, 5.41) is 6.97. The van der Waals surface area contributed by atoms with E-state index in [9.17, 15) is 4.79 Å². The van der Waals surface area contributed by atoms with Crippen molar-refractivity contribution in [2.24, 2.45) is 0 Å². The van der Waals surface area contributed by atoms with Crippen molar-refractivity contribution in [2.45, 2.75) is 71.4 Å². The van der Waals surface area contributed by atoms with Gasteiger partial charge in [0.15, 0.2) is 0 Å². The van der Waals surface area contributed by atoms with E-state index >= 15 is 0 Å². The van der Waals surface area contributed by atoms with Crippen LogP contribution in [0, 0.1) is 13.8 Å². The normalized spacial score (nSPS) is 28.3. The number of likely N-dealkylation sites (tertiary alicyclic amines) is 1. The standard InChI is InChI=1S/C16H25N3O3/c1-9(2)17-16(20)15-7-13-14(21-15)5-6-19(13)8-12-10(3)18-22-11(12)4/h9,13-15H,5-8H2,1-4H3,(H,17,20)/t13-,14-,15-/m0/s1. The van der Waals surface area contributed by atoms with Crippen molar-refractivity contribution in [3.05, 3.63) is 17.0 Å². The summed E-state index contributed by atoms with van der Waals surface area (Å²) in [5.74, 6) is 0.899. The van der Waals surface area contributed by atoms with Gasteiger partial charge in [0.1, 0.15) is 11.9 Å². The first-order chi connectivity index (χ1) is 10.5. The molecule has 6 heteroatoms. The van der Waals surface area contributed by atoms with E-state index in [1.54, 1.807) is 0 Å². The number of rotatable bonds is 4. The van der Waals surface area contributed by atoms with Gasteiger partial charge in [0, 0.05) is 37.2 Å². The first-order valence-electron chi connectivity index (χ1n) is 8.07. The number of nitrogens with one attached hydrogen (secondary N) is 1. The molecule has 0 saturated carbocycles. The SMILES string of the molecule is Cc1noc(C)c1CN1CC[C@@H]2O[C@H](C(=O)NC(C)C)C[C@@H]21. The molecule has 1 N–H and O–H groups in total. The molecule has 3 atom stereocenters. The molecule has 6 nitrogen and oxygen atoms in total. The van der Waals surface area contributed by atoms with Gasteiger partial charge >= 0.3 is 0 Å². The van der Waals surface area contributed by atoms with Gasteiger partial charge in [0.25, 0.3) is 0 Å². The fourth-order valence-electron chi connectivity index (χ4n) is 3.51. The van der Waals surface area contributed by atoms with Crippen LogP contribution in [0.1, 0.15) is 43.7 Å². The van der Waals surface area contributed by atoms with Crippen LogP contribution in [0.25, 0.3) is 0 Å². The lowest BCUT2D eigenvalue weighted by Crippen LogP contribution is -2.39. The van der Waals surface area contributed by atoms with E-state index in [0.717, 1.165) is 42.9 Å². The predicted octanol–water partition coefficient (Wildman–Crippen LogP) is 1.55. The van der Waals surface area contributed by atoms with Crippen LogP contribution >= 0.6 is 0 Å². The van der Waals surface area contributed by atoms with Gasteiger partial charge in [-0.15, -0.1) is 0 Å². The minimum absolute atomic E-state index is 0.0155. The Hall–Kier alpha value is -1.40. The molecule has 1 amide bonds. The first-order valence-corrected chi connectivity index (χ1v) is 8.07. The molecule has 0 unspecified atom stereocenters. The number of carbonyl (C=O) groups is 1. The summed E-state index contributed by atoms with van der Waals surface area (Å²) in [6.45, 7) is 9.69. The predicted molar refractivity (Wildman–Crippen MR) is 81.3 cm³/mol. The zero-order valence-electron chi connectivity index (χ0n) is 13.8. The van der Waals surface area contributed by atoms with Gasteiger partial charge in [-0.3, -0.25) is 9.69 Å². The van der Waals surface area contributed by atoms with E-state index in [0.29, 0.717) is 6.04 Å². The van der Waals surface area contributed by atoms with Crippen molar-refractivity contribution >= 4 is 5.91 Å². The first kappa shape index (κ1) is 15.5. The van der Waals surface area contributed by atoms with Gasteiger partial charge in [-0.1, -0.05) is 5.16 Å². The number of carbonyl (C=O) groups excluding carboxylic acids is 1. The van der Waals surface area contributed by atoms with Gasteiger partial charge < -0.3 is 14.6 Å². The van der Waals surface area contributed by atoms with E-state index in [-0.39, 0.29) is 24.2 Å². The van der Waals surface area contributed by atoms with Crippen molar-refractivity contribution in [3.8, 4) is 0 Å². The lowest BCUT2D eigenvalue weighted by Gasteiger charge is -2.22. The number of aryl methyl sites for hydroxylation is 2. The molecule has 0 radical (unpaired) electrons. The maximum Gasteiger partial charge on any atom is 0.249 e. The lowest BCUT2D eigenvalue weighted by molar-refractivity contribution is -0.132. The minimum Gasteiger partial charge on any atom is -0.363 e. The largest absolute Gasteiger partial charge is 0.363 e. The summed E-state index contributed by atoms with van der Waals surface area (Å²) in [7, 11) is 0. The molecule has 3 heterocycles. The minimum atomic E-state index is -0.315. The summed E-state index contributed by atoms with van der Waals surface area (Å²) < 4.78 is 11.2. The number of ether oxygens (including phenoxy) is 1. The zero-order chi connectivity index (χ0) is 15.9. The molecular weight excluding hydrogens is 282 g/mol. The summed E-state index contributed by atoms with van der Waals surface area (Å²) in [6.07, 6.45) is 1.61. The Morgan fingerprint density at radius 3 is 2.86 bits per heavy atom. The topological polar surface area (TPSA) is 67.6 Å². The van der Waals surface area contributed by atoms with Crippen LogP contribution in [-0.4, -0.2) is 46.8 Å². The molecule has 22 heavy (non-hydrogen) atoms. The van der Waals surface area contributed by atoms with E-state index in [4.69, 9.17) is 9.26 Å². The maximum atomic E-state index is 12.1. The molecule has 0 aliphatic carbocycles. The number of hydrogen-bond acceptors (Lipinski definition) is 5. The highest BCUT2D eigenvalue weighted by Crippen LogP contribution is 2.34. The van der Waals surface area contributed by atoms with Crippen LogP contribution in [0.15, 0.2) is 4.52 Å². The van der Waals surface area contributed by atoms with Crippen LogP contribution in [0.2, 0.25) is 0 Å². The summed E-state index contributed by atoms with van der Waals surface area (Å²) in [4.78, 5) is 14.5. The molecular formula is C16H25N3O3. The van der Waals surface area contributed by atoms with Crippen molar-refractivity contribution < 1.29 is 14.1 Å². The van der Waals surface area contributed by atoms with Crippen molar-refractivity contribution in [2.75, 3.05) is 6.54 Å². The Balaban J connectivity index is 1.64. The molecule has 0 spiro atoms. The Labute approximate surface area is 131 Å². The number of amides is 1. The molecule has 3 rings (SSSR count). The highest BCUT2D eigenvalue weighted by molar-refractivity contribution is 5.81. The van der Waals surface area contributed by atoms with E-state index in [1.807, 2.05) is 27.7 Å². The summed E-state index contributed by atoms with van der Waals surface area (Å²) in [5.41, 5.74) is 2.12. The number of aromatic nitrogens is 1. The lowest BCUT2D eigenvalue weighted by atomic mass is 10.1. The Kier molecular flexibility index (Phi) is 4.23. The van der Waals surface area contributed by atoms with Gasteiger partial charge in [0.2, 0.25) is 5.91 Å². The average molecular weight is 307 g/mol. The van der Waals surface area contributed by atoms with Crippen LogP contribution < -0.4 is 5.32 Å². The van der Waals surface area contributed by atoms with Crippen LogP contribution in [0.3, 0.4) is 0 Å². The molecule has 1 aromatic heterocycles. The Morgan fingerprint density at radius 2 is 2.23 bits per heavy atom. The molecule has 2 saturated heterocycles. The second-order valence-corrected chi connectivity index (χ2v) is 6.69. The third-order valence-electron chi connectivity index (χ3n) is 4.66. The number of hydrogen-bond donors (Lipinski definition) is 1. The number of fused-ring (bicyclic) bond motifs is 1. The smallest absolute Gasteiger partial charge is 0.249 e. The van der Waals surface area contributed by atoms with Crippen LogP contribution in [0.4, 0.5) is 0 Å². The molecule has 1 aromatic rings. The third kappa shape index (κ3) is 2.90. The zero-order valence-corrected chi connectivity index (χ0v) is 13.8. The highest BCUT2D eigenvalue weighted by Gasteiger charge is 2.45. The van der Waals surface area contributed by atoms with Gasteiger partial charge in [-0.05, 0) is 34.1 Å². The monoisotopic (exact) mass is 307 g/mol. The van der Waals surface area contributed by atoms with Crippen LogP contribution in [-0.2, 0) is 16.1 Å². The van der Waals surface area contributed by atoms with Crippen LogP contribution in [0.5, 0.6) is 0 Å². The Bertz CT molecular complexity index is 535. The van der Waals surface area contributed by atoms with Crippen molar-refractivity contribution in [3.63, 3.8) is 0 Å². The van der Waals surface area contributed by atoms with E-state index in [2.05, 4.69) is 15.4 Å². The highest BCUT2D eigenvalue weighted by atomic mass is 16.5. The fraction of sp³-hybridized carbons (Fsp3) is 0.750. The molecule has 122 valence electrons. The number of nitrogens with zero attached hydrogens (tertiary/aromatic N) is 2.